The van der Waals surface area contributed by atoms with Crippen LogP contribution in [-0.4, -0.2) is 47.5 Å². The number of anilines is 1. The van der Waals surface area contributed by atoms with E-state index >= 15 is 0 Å². The summed E-state index contributed by atoms with van der Waals surface area (Å²) in [5.74, 6) is -0.729. The first kappa shape index (κ1) is 16.6. The number of nitro benzene ring substituents is 1. The van der Waals surface area contributed by atoms with Crippen LogP contribution in [0.1, 0.15) is 10.4 Å². The molecule has 9 heteroatoms. The van der Waals surface area contributed by atoms with Crippen LogP contribution in [0.15, 0.2) is 12.1 Å². The van der Waals surface area contributed by atoms with Gasteiger partial charge in [-0.25, -0.2) is 4.79 Å². The number of nitrogens with one attached hydrogen (secondary N) is 1. The molecule has 1 atom stereocenters. The highest BCUT2D eigenvalue weighted by atomic mass is 127. The quantitative estimate of drug-likeness (QED) is 0.281. The second-order valence-electron chi connectivity index (χ2n) is 3.82. The van der Waals surface area contributed by atoms with Crippen LogP contribution in [0.25, 0.3) is 0 Å². The zero-order valence-electron chi connectivity index (χ0n) is 10.5. The highest BCUT2D eigenvalue weighted by molar-refractivity contribution is 14.1. The summed E-state index contributed by atoms with van der Waals surface area (Å²) in [6, 6.07) is 2.39. The smallest absolute Gasteiger partial charge is 0.340 e. The molecular formula is C11H13IN2O6. The van der Waals surface area contributed by atoms with Crippen LogP contribution in [0.4, 0.5) is 11.4 Å². The molecule has 0 aliphatic heterocycles. The minimum atomic E-state index is -1.01. The molecule has 0 radical (unpaired) electrons. The number of halogens is 1. The van der Waals surface area contributed by atoms with E-state index in [9.17, 15) is 20.0 Å². The number of benzene rings is 1. The summed E-state index contributed by atoms with van der Waals surface area (Å²) in [5, 5.41) is 31.6. The predicted octanol–water partition coefficient (Wildman–Crippen LogP) is 0.751. The Hall–Kier alpha value is -1.46. The molecule has 3 N–H and O–H groups in total. The van der Waals surface area contributed by atoms with Gasteiger partial charge in [-0.2, -0.15) is 0 Å². The monoisotopic (exact) mass is 396 g/mol. The Bertz CT molecular complexity index is 522. The molecule has 0 heterocycles. The van der Waals surface area contributed by atoms with Gasteiger partial charge in [0, 0.05) is 22.2 Å². The van der Waals surface area contributed by atoms with Gasteiger partial charge < -0.3 is 20.3 Å². The zero-order chi connectivity index (χ0) is 15.3. The SMILES string of the molecule is COC(=O)c1cc([N+](=O)[O-])cc(I)c1NCC(O)CO. The number of rotatable bonds is 6. The van der Waals surface area contributed by atoms with E-state index < -0.39 is 23.6 Å². The van der Waals surface area contributed by atoms with E-state index in [4.69, 9.17) is 5.11 Å². The van der Waals surface area contributed by atoms with E-state index in [0.717, 1.165) is 6.07 Å². The average molecular weight is 396 g/mol. The second-order valence-corrected chi connectivity index (χ2v) is 4.98. The van der Waals surface area contributed by atoms with E-state index in [0.29, 0.717) is 9.26 Å². The molecule has 20 heavy (non-hydrogen) atoms. The molecular weight excluding hydrogens is 383 g/mol. The van der Waals surface area contributed by atoms with Crippen LogP contribution in [0.2, 0.25) is 0 Å². The van der Waals surface area contributed by atoms with Crippen LogP contribution in [0.3, 0.4) is 0 Å². The Morgan fingerprint density at radius 2 is 2.25 bits per heavy atom. The highest BCUT2D eigenvalue weighted by Gasteiger charge is 2.21. The van der Waals surface area contributed by atoms with Crippen molar-refractivity contribution >= 4 is 39.9 Å². The van der Waals surface area contributed by atoms with Crippen molar-refractivity contribution < 1.29 is 24.7 Å². The Labute approximate surface area is 128 Å². The fourth-order valence-electron chi connectivity index (χ4n) is 1.43. The third kappa shape index (κ3) is 4.02. The maximum atomic E-state index is 11.7. The van der Waals surface area contributed by atoms with Crippen molar-refractivity contribution in [3.63, 3.8) is 0 Å². The van der Waals surface area contributed by atoms with E-state index in [2.05, 4.69) is 10.1 Å². The molecule has 1 aromatic rings. The molecule has 0 aliphatic carbocycles. The predicted molar refractivity (Wildman–Crippen MR) is 78.7 cm³/mol. The topological polar surface area (TPSA) is 122 Å². The molecule has 0 bridgehead atoms. The highest BCUT2D eigenvalue weighted by Crippen LogP contribution is 2.29. The third-order valence-corrected chi connectivity index (χ3v) is 3.27. The fraction of sp³-hybridized carbons (Fsp3) is 0.364. The van der Waals surface area contributed by atoms with E-state index in [1.165, 1.54) is 13.2 Å². The number of methoxy groups -OCH3 is 1. The fourth-order valence-corrected chi connectivity index (χ4v) is 2.23. The lowest BCUT2D eigenvalue weighted by atomic mass is 10.1. The number of carbonyl (C=O) groups excluding carboxylic acids is 1. The lowest BCUT2D eigenvalue weighted by Gasteiger charge is -2.14. The maximum absolute atomic E-state index is 11.7. The normalized spacial score (nSPS) is 11.8. The maximum Gasteiger partial charge on any atom is 0.340 e. The molecule has 0 amide bonds. The van der Waals surface area contributed by atoms with Gasteiger partial charge in [-0.15, -0.1) is 0 Å². The number of nitrogens with zero attached hydrogens (tertiary/aromatic N) is 1. The van der Waals surface area contributed by atoms with Crippen molar-refractivity contribution in [2.75, 3.05) is 25.6 Å². The average Bonchev–Trinajstić information content (AvgIpc) is 2.43. The van der Waals surface area contributed by atoms with Crippen LogP contribution in [-0.2, 0) is 4.74 Å². The number of hydrogen-bond acceptors (Lipinski definition) is 7. The lowest BCUT2D eigenvalue weighted by molar-refractivity contribution is -0.385. The standard InChI is InChI=1S/C11H13IN2O6/c1-20-11(17)8-2-6(14(18)19)3-9(12)10(8)13-4-7(16)5-15/h2-3,7,13,15-16H,4-5H2,1H3. The number of esters is 1. The van der Waals surface area contributed by atoms with Gasteiger partial charge in [-0.1, -0.05) is 0 Å². The summed E-state index contributed by atoms with van der Waals surface area (Å²) < 4.78 is 5.02. The molecule has 0 saturated heterocycles. The molecule has 1 aromatic carbocycles. The molecule has 8 nitrogen and oxygen atoms in total. The van der Waals surface area contributed by atoms with Crippen LogP contribution >= 0.6 is 22.6 Å². The number of non-ortho nitro benzene ring substituents is 1. The van der Waals surface area contributed by atoms with E-state index in [1.54, 1.807) is 0 Å². The van der Waals surface area contributed by atoms with Gasteiger partial charge in [0.25, 0.3) is 5.69 Å². The summed E-state index contributed by atoms with van der Waals surface area (Å²) >= 11 is 1.83. The van der Waals surface area contributed by atoms with Gasteiger partial charge in [-0.05, 0) is 22.6 Å². The number of aliphatic hydroxyl groups is 2. The van der Waals surface area contributed by atoms with Crippen molar-refractivity contribution in [3.8, 4) is 0 Å². The van der Waals surface area contributed by atoms with Gasteiger partial charge in [0.1, 0.15) is 0 Å². The lowest BCUT2D eigenvalue weighted by Crippen LogP contribution is -2.24. The zero-order valence-corrected chi connectivity index (χ0v) is 12.7. The minimum absolute atomic E-state index is 0.00348. The number of ether oxygens (including phenoxy) is 1. The Morgan fingerprint density at radius 3 is 2.75 bits per heavy atom. The largest absolute Gasteiger partial charge is 0.465 e. The number of nitro groups is 1. The summed E-state index contributed by atoms with van der Waals surface area (Å²) in [5.41, 5.74) is 0.0786. The molecule has 110 valence electrons. The molecule has 1 rings (SSSR count). The van der Waals surface area contributed by atoms with Gasteiger partial charge >= 0.3 is 5.97 Å². The van der Waals surface area contributed by atoms with Crippen LogP contribution < -0.4 is 5.32 Å². The van der Waals surface area contributed by atoms with Crippen molar-refractivity contribution in [3.05, 3.63) is 31.4 Å². The molecule has 1 unspecified atom stereocenters. The number of hydrogen-bond donors (Lipinski definition) is 3. The first-order valence-electron chi connectivity index (χ1n) is 5.49. The summed E-state index contributed by atoms with van der Waals surface area (Å²) in [7, 11) is 1.17. The van der Waals surface area contributed by atoms with E-state index in [-0.39, 0.29) is 17.8 Å². The molecule has 0 spiro atoms. The van der Waals surface area contributed by atoms with Crippen molar-refractivity contribution in [1.82, 2.24) is 0 Å². The summed E-state index contributed by atoms with van der Waals surface area (Å²) in [6.07, 6.45) is -1.01. The molecule has 0 aromatic heterocycles. The first-order valence-corrected chi connectivity index (χ1v) is 6.57. The summed E-state index contributed by atoms with van der Waals surface area (Å²) in [4.78, 5) is 21.9. The van der Waals surface area contributed by atoms with Crippen molar-refractivity contribution in [2.45, 2.75) is 6.10 Å². The summed E-state index contributed by atoms with van der Waals surface area (Å²) in [6.45, 7) is -0.446. The van der Waals surface area contributed by atoms with Gasteiger partial charge in [0.2, 0.25) is 0 Å². The second kappa shape index (κ2) is 7.36. The van der Waals surface area contributed by atoms with Crippen molar-refractivity contribution in [2.24, 2.45) is 0 Å². The Kier molecular flexibility index (Phi) is 6.10. The molecule has 0 fully saturated rings. The number of aliphatic hydroxyl groups excluding tert-OH is 2. The van der Waals surface area contributed by atoms with Crippen LogP contribution in [0.5, 0.6) is 0 Å². The van der Waals surface area contributed by atoms with Gasteiger partial charge in [0.15, 0.2) is 0 Å². The van der Waals surface area contributed by atoms with Crippen LogP contribution in [0, 0.1) is 13.7 Å². The van der Waals surface area contributed by atoms with Gasteiger partial charge in [0.05, 0.1) is 36.0 Å². The molecule has 0 aliphatic rings. The number of carbonyl (C=O) groups is 1. The Balaban J connectivity index is 3.19. The third-order valence-electron chi connectivity index (χ3n) is 2.42. The minimum Gasteiger partial charge on any atom is -0.465 e. The first-order chi connectivity index (χ1) is 9.40. The molecule has 0 saturated carbocycles. The van der Waals surface area contributed by atoms with Crippen molar-refractivity contribution in [1.29, 1.82) is 0 Å². The Morgan fingerprint density at radius 1 is 1.60 bits per heavy atom. The van der Waals surface area contributed by atoms with E-state index in [1.807, 2.05) is 22.6 Å². The van der Waals surface area contributed by atoms with Gasteiger partial charge in [-0.3, -0.25) is 10.1 Å².